The van der Waals surface area contributed by atoms with Gasteiger partial charge in [0.1, 0.15) is 5.75 Å². The minimum atomic E-state index is 0.132. The number of nitrogens with zero attached hydrogens (tertiary/aromatic N) is 1. The third-order valence-corrected chi connectivity index (χ3v) is 3.40. The summed E-state index contributed by atoms with van der Waals surface area (Å²) >= 11 is 0. The average Bonchev–Trinajstić information content (AvgIpc) is 2.42. The fourth-order valence-electron chi connectivity index (χ4n) is 2.22. The van der Waals surface area contributed by atoms with Crippen LogP contribution in [-0.4, -0.2) is 44.9 Å². The number of ether oxygens (including phenoxy) is 2. The monoisotopic (exact) mass is 266 g/mol. The first-order chi connectivity index (χ1) is 9.15. The topological polar surface area (TPSA) is 47.7 Å². The van der Waals surface area contributed by atoms with Crippen LogP contribution >= 0.6 is 0 Å². The van der Waals surface area contributed by atoms with Gasteiger partial charge in [-0.25, -0.2) is 0 Å². The van der Waals surface area contributed by atoms with Gasteiger partial charge in [0.15, 0.2) is 0 Å². The third-order valence-electron chi connectivity index (χ3n) is 3.40. The molecule has 0 aliphatic rings. The zero-order valence-electron chi connectivity index (χ0n) is 12.4. The molecule has 2 unspecified atom stereocenters. The summed E-state index contributed by atoms with van der Waals surface area (Å²) in [6.07, 6.45) is 0. The molecule has 0 aliphatic carbocycles. The number of hydrogen-bond acceptors (Lipinski definition) is 4. The van der Waals surface area contributed by atoms with Crippen molar-refractivity contribution in [3.8, 4) is 5.75 Å². The summed E-state index contributed by atoms with van der Waals surface area (Å²) < 4.78 is 10.9. The number of benzene rings is 1. The van der Waals surface area contributed by atoms with Crippen LogP contribution < -0.4 is 10.5 Å². The van der Waals surface area contributed by atoms with E-state index >= 15 is 0 Å². The highest BCUT2D eigenvalue weighted by atomic mass is 16.5. The Labute approximate surface area is 116 Å². The number of hydrogen-bond donors (Lipinski definition) is 1. The van der Waals surface area contributed by atoms with Crippen molar-refractivity contribution in [2.45, 2.75) is 25.9 Å². The number of methoxy groups -OCH3 is 1. The molecule has 19 heavy (non-hydrogen) atoms. The molecule has 0 saturated carbocycles. The average molecular weight is 266 g/mol. The highest BCUT2D eigenvalue weighted by Gasteiger charge is 2.22. The van der Waals surface area contributed by atoms with Crippen LogP contribution in [0.25, 0.3) is 0 Å². The molecule has 4 heteroatoms. The van der Waals surface area contributed by atoms with Crippen molar-refractivity contribution in [1.29, 1.82) is 0 Å². The molecule has 0 amide bonds. The molecule has 2 atom stereocenters. The Hall–Kier alpha value is -1.10. The van der Waals surface area contributed by atoms with Gasteiger partial charge in [-0.1, -0.05) is 18.2 Å². The summed E-state index contributed by atoms with van der Waals surface area (Å²) in [7, 11) is 3.79. The van der Waals surface area contributed by atoms with Crippen molar-refractivity contribution >= 4 is 0 Å². The maximum atomic E-state index is 5.97. The van der Waals surface area contributed by atoms with E-state index in [-0.39, 0.29) is 6.04 Å². The van der Waals surface area contributed by atoms with Crippen LogP contribution in [-0.2, 0) is 4.74 Å². The van der Waals surface area contributed by atoms with Gasteiger partial charge in [-0.3, -0.25) is 4.90 Å². The van der Waals surface area contributed by atoms with E-state index in [1.165, 1.54) is 0 Å². The molecular formula is C15H26N2O2. The van der Waals surface area contributed by atoms with Gasteiger partial charge < -0.3 is 15.2 Å². The van der Waals surface area contributed by atoms with E-state index in [2.05, 4.69) is 24.9 Å². The van der Waals surface area contributed by atoms with Crippen molar-refractivity contribution in [1.82, 2.24) is 4.90 Å². The molecule has 0 spiro atoms. The van der Waals surface area contributed by atoms with Crippen molar-refractivity contribution < 1.29 is 9.47 Å². The standard InChI is InChI=1S/C15H26N2O2/c1-5-19-15-9-7-6-8-13(15)14(10-16)17(3)12(2)11-18-4/h6-9,12,14H,5,10-11,16H2,1-4H3. The van der Waals surface area contributed by atoms with Gasteiger partial charge in [-0.2, -0.15) is 0 Å². The van der Waals surface area contributed by atoms with Crippen molar-refractivity contribution in [2.75, 3.05) is 33.9 Å². The maximum absolute atomic E-state index is 5.97. The molecule has 0 fully saturated rings. The van der Waals surface area contributed by atoms with Gasteiger partial charge in [-0.05, 0) is 27.0 Å². The van der Waals surface area contributed by atoms with Gasteiger partial charge in [-0.15, -0.1) is 0 Å². The van der Waals surface area contributed by atoms with Crippen molar-refractivity contribution in [3.63, 3.8) is 0 Å². The number of nitrogens with two attached hydrogens (primary N) is 1. The lowest BCUT2D eigenvalue weighted by atomic mass is 10.0. The van der Waals surface area contributed by atoms with E-state index in [1.54, 1.807) is 7.11 Å². The zero-order valence-corrected chi connectivity index (χ0v) is 12.4. The first-order valence-electron chi connectivity index (χ1n) is 6.78. The van der Waals surface area contributed by atoms with Crippen LogP contribution in [0.2, 0.25) is 0 Å². The Balaban J connectivity index is 2.95. The van der Waals surface area contributed by atoms with Gasteiger partial charge in [0.2, 0.25) is 0 Å². The smallest absolute Gasteiger partial charge is 0.124 e. The lowest BCUT2D eigenvalue weighted by molar-refractivity contribution is 0.0900. The second kappa shape index (κ2) is 8.15. The van der Waals surface area contributed by atoms with E-state index < -0.39 is 0 Å². The van der Waals surface area contributed by atoms with Crippen LogP contribution in [0.15, 0.2) is 24.3 Å². The predicted molar refractivity (Wildman–Crippen MR) is 78.5 cm³/mol. The molecule has 0 aliphatic heterocycles. The molecule has 0 saturated heterocycles. The largest absolute Gasteiger partial charge is 0.494 e. The van der Waals surface area contributed by atoms with Gasteiger partial charge in [0.25, 0.3) is 0 Å². The summed E-state index contributed by atoms with van der Waals surface area (Å²) in [6, 6.07) is 8.52. The summed E-state index contributed by atoms with van der Waals surface area (Å²) in [4.78, 5) is 2.24. The minimum Gasteiger partial charge on any atom is -0.494 e. The second-order valence-electron chi connectivity index (χ2n) is 4.69. The lowest BCUT2D eigenvalue weighted by Gasteiger charge is -2.33. The predicted octanol–water partition coefficient (Wildman–Crippen LogP) is 2.05. The highest BCUT2D eigenvalue weighted by molar-refractivity contribution is 5.36. The van der Waals surface area contributed by atoms with E-state index in [1.807, 2.05) is 25.1 Å². The van der Waals surface area contributed by atoms with Crippen molar-refractivity contribution in [3.05, 3.63) is 29.8 Å². The number of likely N-dealkylation sites (N-methyl/N-ethyl adjacent to an activating group) is 1. The fourth-order valence-corrected chi connectivity index (χ4v) is 2.22. The molecule has 0 radical (unpaired) electrons. The molecule has 1 aromatic carbocycles. The molecule has 2 N–H and O–H groups in total. The van der Waals surface area contributed by atoms with Crippen molar-refractivity contribution in [2.24, 2.45) is 5.73 Å². The normalized spacial score (nSPS) is 14.4. The number of para-hydroxylation sites is 1. The Morgan fingerprint density at radius 1 is 1.32 bits per heavy atom. The highest BCUT2D eigenvalue weighted by Crippen LogP contribution is 2.29. The summed E-state index contributed by atoms with van der Waals surface area (Å²) in [5.74, 6) is 0.914. The molecule has 0 aromatic heterocycles. The quantitative estimate of drug-likeness (QED) is 0.782. The summed E-state index contributed by atoms with van der Waals surface area (Å²) in [6.45, 7) is 6.02. The van der Waals surface area contributed by atoms with Crippen LogP contribution in [0.1, 0.15) is 25.5 Å². The molecule has 0 heterocycles. The van der Waals surface area contributed by atoms with E-state index in [0.29, 0.717) is 25.8 Å². The van der Waals surface area contributed by atoms with Gasteiger partial charge >= 0.3 is 0 Å². The van der Waals surface area contributed by atoms with Crippen LogP contribution in [0.3, 0.4) is 0 Å². The Kier molecular flexibility index (Phi) is 6.84. The number of rotatable bonds is 8. The minimum absolute atomic E-state index is 0.132. The van der Waals surface area contributed by atoms with Crippen LogP contribution in [0, 0.1) is 0 Å². The van der Waals surface area contributed by atoms with E-state index in [9.17, 15) is 0 Å². The molecule has 1 rings (SSSR count). The Morgan fingerprint density at radius 3 is 2.58 bits per heavy atom. The van der Waals surface area contributed by atoms with Crippen LogP contribution in [0.5, 0.6) is 5.75 Å². The zero-order chi connectivity index (χ0) is 14.3. The third kappa shape index (κ3) is 4.20. The summed E-state index contributed by atoms with van der Waals surface area (Å²) in [5, 5.41) is 0. The molecule has 108 valence electrons. The Bertz CT molecular complexity index is 371. The van der Waals surface area contributed by atoms with Gasteiger partial charge in [0.05, 0.1) is 19.3 Å². The van der Waals surface area contributed by atoms with Gasteiger partial charge in [0, 0.05) is 25.3 Å². The Morgan fingerprint density at radius 2 is 2.00 bits per heavy atom. The lowest BCUT2D eigenvalue weighted by Crippen LogP contribution is -2.39. The van der Waals surface area contributed by atoms with Crippen LogP contribution in [0.4, 0.5) is 0 Å². The first kappa shape index (κ1) is 16.0. The van der Waals surface area contributed by atoms with E-state index in [0.717, 1.165) is 11.3 Å². The summed E-state index contributed by atoms with van der Waals surface area (Å²) in [5.41, 5.74) is 7.10. The SMILES string of the molecule is CCOc1ccccc1C(CN)N(C)C(C)COC. The molecule has 0 bridgehead atoms. The second-order valence-corrected chi connectivity index (χ2v) is 4.69. The molecular weight excluding hydrogens is 240 g/mol. The molecule has 1 aromatic rings. The first-order valence-corrected chi connectivity index (χ1v) is 6.78. The maximum Gasteiger partial charge on any atom is 0.124 e. The fraction of sp³-hybridized carbons (Fsp3) is 0.600. The van der Waals surface area contributed by atoms with E-state index in [4.69, 9.17) is 15.2 Å². The molecule has 4 nitrogen and oxygen atoms in total.